The molecule has 2 aromatic rings. The fraction of sp³-hybridized carbons (Fsp3) is 0.412. The van der Waals surface area contributed by atoms with Crippen LogP contribution in [0.25, 0.3) is 5.69 Å². The lowest BCUT2D eigenvalue weighted by atomic mass is 10.1. The number of amides is 1. The summed E-state index contributed by atoms with van der Waals surface area (Å²) in [6.45, 7) is 4.43. The van der Waals surface area contributed by atoms with Crippen LogP contribution in [0, 0.1) is 19.3 Å². The molecule has 0 unspecified atom stereocenters. The number of carbonyl (C=O) groups excluding carboxylic acids is 1. The molecular formula is C17H20ClN3O2. The van der Waals surface area contributed by atoms with Crippen LogP contribution in [0.2, 0.25) is 5.02 Å². The summed E-state index contributed by atoms with van der Waals surface area (Å²) in [6.07, 6.45) is 1.95. The average molecular weight is 334 g/mol. The van der Waals surface area contributed by atoms with E-state index in [9.17, 15) is 9.90 Å². The van der Waals surface area contributed by atoms with E-state index in [1.165, 1.54) is 0 Å². The lowest BCUT2D eigenvalue weighted by Gasteiger charge is -2.13. The molecule has 2 N–H and O–H groups in total. The summed E-state index contributed by atoms with van der Waals surface area (Å²) >= 11 is 6.17. The molecule has 6 heteroatoms. The van der Waals surface area contributed by atoms with Gasteiger partial charge >= 0.3 is 0 Å². The van der Waals surface area contributed by atoms with E-state index >= 15 is 0 Å². The highest BCUT2D eigenvalue weighted by Crippen LogP contribution is 2.44. The Morgan fingerprint density at radius 3 is 2.48 bits per heavy atom. The second kappa shape index (κ2) is 5.98. The molecule has 23 heavy (non-hydrogen) atoms. The van der Waals surface area contributed by atoms with E-state index in [0.29, 0.717) is 17.1 Å². The maximum absolute atomic E-state index is 12.2. The number of benzene rings is 1. The van der Waals surface area contributed by atoms with Gasteiger partial charge in [0, 0.05) is 17.5 Å². The predicted octanol–water partition coefficient (Wildman–Crippen LogP) is 2.64. The van der Waals surface area contributed by atoms with E-state index in [-0.39, 0.29) is 17.9 Å². The molecule has 3 rings (SSSR count). The van der Waals surface area contributed by atoms with Crippen molar-refractivity contribution in [2.24, 2.45) is 5.41 Å². The van der Waals surface area contributed by atoms with Crippen LogP contribution in [0.5, 0.6) is 0 Å². The maximum Gasteiger partial charge on any atom is 0.251 e. The van der Waals surface area contributed by atoms with Gasteiger partial charge in [-0.3, -0.25) is 4.79 Å². The van der Waals surface area contributed by atoms with Crippen LogP contribution in [0.1, 0.15) is 34.6 Å². The van der Waals surface area contributed by atoms with Gasteiger partial charge < -0.3 is 10.4 Å². The Kier molecular flexibility index (Phi) is 4.17. The number of aryl methyl sites for hydroxylation is 1. The van der Waals surface area contributed by atoms with Gasteiger partial charge in [-0.05, 0) is 51.0 Å². The standard InChI is InChI=1S/C17H20ClN3O2/c1-11-15(18)12(2)21(20-11)14-5-3-13(4-6-14)16(23)19-9-17(10-22)7-8-17/h3-6,22H,7-10H2,1-2H3,(H,19,23). The zero-order valence-corrected chi connectivity index (χ0v) is 14.0. The highest BCUT2D eigenvalue weighted by molar-refractivity contribution is 6.31. The lowest BCUT2D eigenvalue weighted by molar-refractivity contribution is 0.0935. The summed E-state index contributed by atoms with van der Waals surface area (Å²) in [5, 5.41) is 17.2. The normalized spacial score (nSPS) is 15.5. The van der Waals surface area contributed by atoms with Gasteiger partial charge in [-0.25, -0.2) is 4.68 Å². The molecule has 0 saturated heterocycles. The first-order chi connectivity index (χ1) is 11.0. The minimum absolute atomic E-state index is 0.0873. The first-order valence-corrected chi connectivity index (χ1v) is 8.05. The van der Waals surface area contributed by atoms with Gasteiger partial charge in [0.05, 0.1) is 28.7 Å². The van der Waals surface area contributed by atoms with Crippen LogP contribution in [0.4, 0.5) is 0 Å². The van der Waals surface area contributed by atoms with Crippen molar-refractivity contribution in [3.63, 3.8) is 0 Å². The third-order valence-electron chi connectivity index (χ3n) is 4.49. The molecule has 1 amide bonds. The Labute approximate surface area is 140 Å². The van der Waals surface area contributed by atoms with Crippen LogP contribution in [0.15, 0.2) is 24.3 Å². The second-order valence-electron chi connectivity index (χ2n) is 6.28. The number of halogens is 1. The van der Waals surface area contributed by atoms with Gasteiger partial charge in [-0.2, -0.15) is 5.10 Å². The molecule has 1 saturated carbocycles. The van der Waals surface area contributed by atoms with Crippen LogP contribution in [-0.2, 0) is 0 Å². The van der Waals surface area contributed by atoms with Gasteiger partial charge in [-0.1, -0.05) is 11.6 Å². The highest BCUT2D eigenvalue weighted by Gasteiger charge is 2.42. The van der Waals surface area contributed by atoms with E-state index in [0.717, 1.165) is 29.9 Å². The molecule has 1 heterocycles. The number of carbonyl (C=O) groups is 1. The molecule has 0 radical (unpaired) electrons. The Morgan fingerprint density at radius 2 is 2.00 bits per heavy atom. The molecule has 0 spiro atoms. The number of hydrogen-bond donors (Lipinski definition) is 2. The van der Waals surface area contributed by atoms with Crippen LogP contribution < -0.4 is 5.32 Å². The lowest BCUT2D eigenvalue weighted by Crippen LogP contribution is -2.31. The zero-order valence-electron chi connectivity index (χ0n) is 13.3. The number of aromatic nitrogens is 2. The van der Waals surface area contributed by atoms with Gasteiger partial charge in [0.25, 0.3) is 5.91 Å². The summed E-state index contributed by atoms with van der Waals surface area (Å²) in [6, 6.07) is 7.24. The SMILES string of the molecule is Cc1nn(-c2ccc(C(=O)NCC3(CO)CC3)cc2)c(C)c1Cl. The van der Waals surface area contributed by atoms with Gasteiger partial charge in [0.15, 0.2) is 0 Å². The summed E-state index contributed by atoms with van der Waals surface area (Å²) in [7, 11) is 0. The van der Waals surface area contributed by atoms with Crippen molar-refractivity contribution in [3.8, 4) is 5.69 Å². The number of nitrogens with one attached hydrogen (secondary N) is 1. The third kappa shape index (κ3) is 3.12. The molecule has 0 aliphatic heterocycles. The number of hydrogen-bond acceptors (Lipinski definition) is 3. The van der Waals surface area contributed by atoms with Crippen molar-refractivity contribution >= 4 is 17.5 Å². The second-order valence-corrected chi connectivity index (χ2v) is 6.66. The first-order valence-electron chi connectivity index (χ1n) is 7.67. The van der Waals surface area contributed by atoms with E-state index in [1.54, 1.807) is 16.8 Å². The first kappa shape index (κ1) is 16.0. The van der Waals surface area contributed by atoms with Gasteiger partial charge in [0.1, 0.15) is 0 Å². The van der Waals surface area contributed by atoms with E-state index < -0.39 is 0 Å². The Balaban J connectivity index is 1.71. The highest BCUT2D eigenvalue weighted by atomic mass is 35.5. The smallest absolute Gasteiger partial charge is 0.251 e. The van der Waals surface area contributed by atoms with Crippen LogP contribution >= 0.6 is 11.6 Å². The van der Waals surface area contributed by atoms with Gasteiger partial charge in [-0.15, -0.1) is 0 Å². The topological polar surface area (TPSA) is 67.2 Å². The predicted molar refractivity (Wildman–Crippen MR) is 89.1 cm³/mol. The molecule has 5 nitrogen and oxygen atoms in total. The largest absolute Gasteiger partial charge is 0.396 e. The van der Waals surface area contributed by atoms with Crippen LogP contribution in [-0.4, -0.2) is 33.9 Å². The molecule has 0 atom stereocenters. The van der Waals surface area contributed by atoms with E-state index in [1.807, 2.05) is 26.0 Å². The molecule has 1 aliphatic rings. The molecule has 1 aliphatic carbocycles. The Morgan fingerprint density at radius 1 is 1.35 bits per heavy atom. The Hall–Kier alpha value is -1.85. The fourth-order valence-corrected chi connectivity index (χ4v) is 2.68. The number of rotatable bonds is 5. The van der Waals surface area contributed by atoms with Crippen molar-refractivity contribution < 1.29 is 9.90 Å². The monoisotopic (exact) mass is 333 g/mol. The summed E-state index contributed by atoms with van der Waals surface area (Å²) in [5.41, 5.74) is 3.03. The molecule has 1 fully saturated rings. The third-order valence-corrected chi connectivity index (χ3v) is 5.04. The summed E-state index contributed by atoms with van der Waals surface area (Å²) in [5.74, 6) is -0.123. The zero-order chi connectivity index (χ0) is 16.6. The summed E-state index contributed by atoms with van der Waals surface area (Å²) < 4.78 is 1.77. The van der Waals surface area contributed by atoms with Crippen molar-refractivity contribution in [1.82, 2.24) is 15.1 Å². The fourth-order valence-electron chi connectivity index (χ4n) is 2.57. The maximum atomic E-state index is 12.2. The van der Waals surface area contributed by atoms with Crippen LogP contribution in [0.3, 0.4) is 0 Å². The van der Waals surface area contributed by atoms with Gasteiger partial charge in [0.2, 0.25) is 0 Å². The van der Waals surface area contributed by atoms with Crippen molar-refractivity contribution in [2.75, 3.05) is 13.2 Å². The van der Waals surface area contributed by atoms with Crippen molar-refractivity contribution in [1.29, 1.82) is 0 Å². The number of nitrogens with zero attached hydrogens (tertiary/aromatic N) is 2. The van der Waals surface area contributed by atoms with E-state index in [4.69, 9.17) is 11.6 Å². The molecule has 1 aromatic carbocycles. The van der Waals surface area contributed by atoms with Crippen molar-refractivity contribution in [2.45, 2.75) is 26.7 Å². The van der Waals surface area contributed by atoms with E-state index in [2.05, 4.69) is 10.4 Å². The minimum Gasteiger partial charge on any atom is -0.396 e. The Bertz CT molecular complexity index is 733. The molecule has 0 bridgehead atoms. The molecular weight excluding hydrogens is 314 g/mol. The molecule has 1 aromatic heterocycles. The summed E-state index contributed by atoms with van der Waals surface area (Å²) in [4.78, 5) is 12.2. The number of aliphatic hydroxyl groups excluding tert-OH is 1. The quantitative estimate of drug-likeness (QED) is 0.884. The average Bonchev–Trinajstić information content (AvgIpc) is 3.32. The minimum atomic E-state index is -0.123. The number of aliphatic hydroxyl groups is 1. The molecule has 122 valence electrons. The van der Waals surface area contributed by atoms with Crippen molar-refractivity contribution in [3.05, 3.63) is 46.2 Å².